The Kier molecular flexibility index (Phi) is 5.87. The van der Waals surface area contributed by atoms with Gasteiger partial charge in [0.25, 0.3) is 5.91 Å². The van der Waals surface area contributed by atoms with E-state index in [0.717, 1.165) is 36.3 Å². The molecule has 4 rings (SSSR count). The van der Waals surface area contributed by atoms with Crippen LogP contribution in [0.3, 0.4) is 0 Å². The number of piperidine rings is 1. The lowest BCUT2D eigenvalue weighted by molar-refractivity contribution is -0.118. The van der Waals surface area contributed by atoms with Crippen LogP contribution < -0.4 is 10.6 Å². The van der Waals surface area contributed by atoms with Gasteiger partial charge < -0.3 is 10.6 Å². The Morgan fingerprint density at radius 1 is 1.17 bits per heavy atom. The molecule has 1 aliphatic rings. The molecule has 1 atom stereocenters. The van der Waals surface area contributed by atoms with Crippen LogP contribution in [0.15, 0.2) is 48.5 Å². The number of likely N-dealkylation sites (tertiary alicyclic amines) is 1. The van der Waals surface area contributed by atoms with E-state index in [9.17, 15) is 9.59 Å². The van der Waals surface area contributed by atoms with E-state index in [0.29, 0.717) is 17.8 Å². The van der Waals surface area contributed by atoms with Crippen molar-refractivity contribution in [2.24, 2.45) is 0 Å². The highest BCUT2D eigenvalue weighted by Crippen LogP contribution is 2.35. The van der Waals surface area contributed by atoms with Crippen LogP contribution in [0.25, 0.3) is 10.2 Å². The van der Waals surface area contributed by atoms with E-state index < -0.39 is 0 Å². The van der Waals surface area contributed by atoms with Crippen molar-refractivity contribution in [1.29, 1.82) is 0 Å². The minimum absolute atomic E-state index is 0.0768. The van der Waals surface area contributed by atoms with Crippen LogP contribution in [-0.2, 0) is 4.79 Å². The van der Waals surface area contributed by atoms with Crippen molar-refractivity contribution in [2.75, 3.05) is 25.5 Å². The molecule has 0 spiro atoms. The Labute approximate surface area is 173 Å². The van der Waals surface area contributed by atoms with Gasteiger partial charge in [-0.1, -0.05) is 24.6 Å². The van der Waals surface area contributed by atoms with Crippen LogP contribution in [0, 0.1) is 0 Å². The number of benzene rings is 2. The molecule has 29 heavy (non-hydrogen) atoms. The fourth-order valence-corrected chi connectivity index (χ4v) is 4.90. The first-order chi connectivity index (χ1) is 14.1. The lowest BCUT2D eigenvalue weighted by atomic mass is 10.0. The predicted molar refractivity (Wildman–Crippen MR) is 116 cm³/mol. The molecular formula is C22H24N4O2S. The van der Waals surface area contributed by atoms with Crippen molar-refractivity contribution in [1.82, 2.24) is 15.2 Å². The molecule has 3 aromatic rings. The van der Waals surface area contributed by atoms with Gasteiger partial charge in [-0.05, 0) is 49.7 Å². The third kappa shape index (κ3) is 4.46. The number of amides is 2. The fraction of sp³-hybridized carbons (Fsp3) is 0.318. The zero-order chi connectivity index (χ0) is 20.2. The zero-order valence-electron chi connectivity index (χ0n) is 16.4. The third-order valence-corrected chi connectivity index (χ3v) is 6.33. The Balaban J connectivity index is 1.46. The minimum Gasteiger partial charge on any atom is -0.355 e. The molecule has 1 aromatic heterocycles. The van der Waals surface area contributed by atoms with Crippen molar-refractivity contribution in [3.05, 3.63) is 59.1 Å². The Morgan fingerprint density at radius 2 is 2.03 bits per heavy atom. The summed E-state index contributed by atoms with van der Waals surface area (Å²) in [7, 11) is 1.59. The second-order valence-corrected chi connectivity index (χ2v) is 8.27. The van der Waals surface area contributed by atoms with Gasteiger partial charge in [0.2, 0.25) is 5.91 Å². The van der Waals surface area contributed by atoms with Crippen molar-refractivity contribution in [3.8, 4) is 0 Å². The average molecular weight is 409 g/mol. The monoisotopic (exact) mass is 408 g/mol. The number of hydrogen-bond acceptors (Lipinski definition) is 5. The quantitative estimate of drug-likeness (QED) is 0.673. The van der Waals surface area contributed by atoms with Crippen molar-refractivity contribution in [3.63, 3.8) is 0 Å². The first-order valence-corrected chi connectivity index (χ1v) is 10.7. The maximum absolute atomic E-state index is 12.7. The SMILES string of the molecule is CNC(=O)c1cccc(NC(=O)CN2CCCCC2c2nc3ccccc3s2)c1. The van der Waals surface area contributed by atoms with Gasteiger partial charge in [0, 0.05) is 18.3 Å². The average Bonchev–Trinajstić information content (AvgIpc) is 3.17. The summed E-state index contributed by atoms with van der Waals surface area (Å²) in [4.78, 5) is 31.6. The number of para-hydroxylation sites is 1. The normalized spacial score (nSPS) is 17.2. The molecule has 0 bridgehead atoms. The van der Waals surface area contributed by atoms with E-state index >= 15 is 0 Å². The molecule has 2 heterocycles. The van der Waals surface area contributed by atoms with Crippen molar-refractivity contribution < 1.29 is 9.59 Å². The minimum atomic E-state index is -0.173. The number of thiazole rings is 1. The number of fused-ring (bicyclic) bond motifs is 1. The first-order valence-electron chi connectivity index (χ1n) is 9.85. The van der Waals surface area contributed by atoms with Gasteiger partial charge in [0.15, 0.2) is 0 Å². The summed E-state index contributed by atoms with van der Waals surface area (Å²) < 4.78 is 1.18. The summed E-state index contributed by atoms with van der Waals surface area (Å²) in [5.41, 5.74) is 2.17. The lowest BCUT2D eigenvalue weighted by Crippen LogP contribution is -2.39. The van der Waals surface area contributed by atoms with Crippen LogP contribution in [0.2, 0.25) is 0 Å². The number of hydrogen-bond donors (Lipinski definition) is 2. The summed E-state index contributed by atoms with van der Waals surface area (Å²) in [5, 5.41) is 6.61. The largest absolute Gasteiger partial charge is 0.355 e. The van der Waals surface area contributed by atoms with Crippen molar-refractivity contribution in [2.45, 2.75) is 25.3 Å². The van der Waals surface area contributed by atoms with Crippen LogP contribution in [-0.4, -0.2) is 41.8 Å². The highest BCUT2D eigenvalue weighted by molar-refractivity contribution is 7.18. The van der Waals surface area contributed by atoms with Gasteiger partial charge in [-0.3, -0.25) is 14.5 Å². The lowest BCUT2D eigenvalue weighted by Gasteiger charge is -2.33. The second-order valence-electron chi connectivity index (χ2n) is 7.21. The third-order valence-electron chi connectivity index (χ3n) is 5.19. The smallest absolute Gasteiger partial charge is 0.251 e. The molecule has 0 radical (unpaired) electrons. The Bertz CT molecular complexity index is 999. The van der Waals surface area contributed by atoms with E-state index in [1.165, 1.54) is 4.70 Å². The van der Waals surface area contributed by atoms with Crippen LogP contribution in [0.5, 0.6) is 0 Å². The molecule has 0 aliphatic carbocycles. The predicted octanol–water partition coefficient (Wildman–Crippen LogP) is 3.82. The van der Waals surface area contributed by atoms with Crippen LogP contribution in [0.4, 0.5) is 5.69 Å². The van der Waals surface area contributed by atoms with Crippen LogP contribution >= 0.6 is 11.3 Å². The van der Waals surface area contributed by atoms with Gasteiger partial charge in [0.05, 0.1) is 22.8 Å². The number of carbonyl (C=O) groups is 2. The van der Waals surface area contributed by atoms with E-state index in [2.05, 4.69) is 21.6 Å². The summed E-state index contributed by atoms with van der Waals surface area (Å²) in [6, 6.07) is 15.3. The van der Waals surface area contributed by atoms with Gasteiger partial charge >= 0.3 is 0 Å². The van der Waals surface area contributed by atoms with Crippen LogP contribution in [0.1, 0.15) is 40.7 Å². The number of nitrogens with zero attached hydrogens (tertiary/aromatic N) is 2. The standard InChI is InChI=1S/C22H24N4O2S/c1-23-21(28)15-7-6-8-16(13-15)24-20(27)14-26-12-5-4-10-18(26)22-25-17-9-2-3-11-19(17)29-22/h2-3,6-9,11,13,18H,4-5,10,12,14H2,1H3,(H,23,28)(H,24,27). The number of rotatable bonds is 5. The number of anilines is 1. The fourth-order valence-electron chi connectivity index (χ4n) is 3.76. The Hall–Kier alpha value is -2.77. The molecular weight excluding hydrogens is 384 g/mol. The molecule has 1 fully saturated rings. The van der Waals surface area contributed by atoms with E-state index in [1.807, 2.05) is 18.2 Å². The summed E-state index contributed by atoms with van der Waals surface area (Å²) in [6.07, 6.45) is 3.24. The molecule has 6 nitrogen and oxygen atoms in total. The highest BCUT2D eigenvalue weighted by atomic mass is 32.1. The van der Waals surface area contributed by atoms with E-state index in [4.69, 9.17) is 4.98 Å². The number of carbonyl (C=O) groups excluding carboxylic acids is 2. The molecule has 2 amide bonds. The van der Waals surface area contributed by atoms with Gasteiger partial charge in [-0.15, -0.1) is 11.3 Å². The topological polar surface area (TPSA) is 74.3 Å². The maximum atomic E-state index is 12.7. The molecule has 7 heteroatoms. The van der Waals surface area contributed by atoms with Gasteiger partial charge in [-0.25, -0.2) is 4.98 Å². The molecule has 0 saturated carbocycles. The van der Waals surface area contributed by atoms with Gasteiger partial charge in [-0.2, -0.15) is 0 Å². The number of aromatic nitrogens is 1. The highest BCUT2D eigenvalue weighted by Gasteiger charge is 2.28. The Morgan fingerprint density at radius 3 is 2.86 bits per heavy atom. The second kappa shape index (κ2) is 8.71. The number of nitrogens with one attached hydrogen (secondary N) is 2. The summed E-state index contributed by atoms with van der Waals surface area (Å²) in [5.74, 6) is -0.250. The molecule has 1 unspecified atom stereocenters. The molecule has 1 saturated heterocycles. The zero-order valence-corrected chi connectivity index (χ0v) is 17.2. The first kappa shape index (κ1) is 19.5. The molecule has 2 N–H and O–H groups in total. The van der Waals surface area contributed by atoms with E-state index in [1.54, 1.807) is 42.6 Å². The molecule has 150 valence electrons. The maximum Gasteiger partial charge on any atom is 0.251 e. The molecule has 2 aromatic carbocycles. The summed E-state index contributed by atoms with van der Waals surface area (Å²) in [6.45, 7) is 1.19. The van der Waals surface area contributed by atoms with Crippen molar-refractivity contribution >= 4 is 39.1 Å². The van der Waals surface area contributed by atoms with E-state index in [-0.39, 0.29) is 17.9 Å². The van der Waals surface area contributed by atoms with Gasteiger partial charge in [0.1, 0.15) is 5.01 Å². The summed E-state index contributed by atoms with van der Waals surface area (Å²) >= 11 is 1.72. The molecule has 1 aliphatic heterocycles.